The SMILES string of the molecule is C=NC(=N)N(C)N(Cc1ccc(C(F)(F)F)cn1)C(=O)c1ccc2nc(N)c3cnn(C)c3c2c1. The number of carbonyl (C=O) groups is 1. The lowest BCUT2D eigenvalue weighted by Crippen LogP contribution is -2.46. The van der Waals surface area contributed by atoms with E-state index in [4.69, 9.17) is 11.1 Å². The van der Waals surface area contributed by atoms with E-state index in [0.717, 1.165) is 16.1 Å². The van der Waals surface area contributed by atoms with Crippen molar-refractivity contribution >= 4 is 46.2 Å². The molecule has 1 aromatic carbocycles. The summed E-state index contributed by atoms with van der Waals surface area (Å²) in [6.07, 6.45) is -2.26. The number of hydrogen-bond donors (Lipinski definition) is 2. The molecule has 0 saturated heterocycles. The molecule has 1 amide bonds. The van der Waals surface area contributed by atoms with Gasteiger partial charge in [-0.05, 0) is 37.0 Å². The van der Waals surface area contributed by atoms with Crippen LogP contribution in [0.3, 0.4) is 0 Å². The maximum Gasteiger partial charge on any atom is 0.417 e. The number of nitrogens with one attached hydrogen (secondary N) is 1. The maximum atomic E-state index is 13.6. The molecule has 3 N–H and O–H groups in total. The molecule has 4 rings (SSSR count). The highest BCUT2D eigenvalue weighted by Gasteiger charge is 2.31. The Balaban J connectivity index is 1.76. The molecule has 0 aliphatic carbocycles. The Bertz CT molecular complexity index is 1460. The highest BCUT2D eigenvalue weighted by molar-refractivity contribution is 6.10. The predicted octanol–water partition coefficient (Wildman–Crippen LogP) is 3.24. The van der Waals surface area contributed by atoms with E-state index < -0.39 is 17.6 Å². The van der Waals surface area contributed by atoms with Gasteiger partial charge in [0.05, 0.1) is 40.4 Å². The second kappa shape index (κ2) is 8.66. The summed E-state index contributed by atoms with van der Waals surface area (Å²) in [6, 6.07) is 6.86. The molecule has 0 fully saturated rings. The number of rotatable bonds is 3. The van der Waals surface area contributed by atoms with Gasteiger partial charge in [0.2, 0.25) is 5.96 Å². The second-order valence-electron chi connectivity index (χ2n) is 7.66. The minimum absolute atomic E-state index is 0.180. The molecule has 0 bridgehead atoms. The van der Waals surface area contributed by atoms with Gasteiger partial charge in [-0.1, -0.05) is 0 Å². The topological polar surface area (TPSA) is 129 Å². The van der Waals surface area contributed by atoms with Crippen LogP contribution in [0.5, 0.6) is 0 Å². The van der Waals surface area contributed by atoms with Crippen LogP contribution in [-0.2, 0) is 19.8 Å². The minimum atomic E-state index is -4.54. The van der Waals surface area contributed by atoms with Gasteiger partial charge in [0.15, 0.2) is 0 Å². The van der Waals surface area contributed by atoms with Crippen molar-refractivity contribution in [3.8, 4) is 0 Å². The molecule has 0 atom stereocenters. The first-order chi connectivity index (χ1) is 16.5. The predicted molar refractivity (Wildman–Crippen MR) is 125 cm³/mol. The maximum absolute atomic E-state index is 13.6. The van der Waals surface area contributed by atoms with Crippen molar-refractivity contribution in [2.24, 2.45) is 12.0 Å². The number of nitrogens with zero attached hydrogens (tertiary/aromatic N) is 7. The van der Waals surface area contributed by atoms with Crippen LogP contribution < -0.4 is 5.73 Å². The van der Waals surface area contributed by atoms with Crippen molar-refractivity contribution in [2.45, 2.75) is 12.7 Å². The van der Waals surface area contributed by atoms with E-state index in [1.54, 1.807) is 36.1 Å². The number of carbonyl (C=O) groups excluding carboxylic acids is 1. The number of aryl methyl sites for hydroxylation is 1. The van der Waals surface area contributed by atoms with E-state index in [0.29, 0.717) is 33.8 Å². The lowest BCUT2D eigenvalue weighted by molar-refractivity contribution is -0.137. The summed E-state index contributed by atoms with van der Waals surface area (Å²) in [4.78, 5) is 25.3. The second-order valence-corrected chi connectivity index (χ2v) is 7.66. The zero-order valence-corrected chi connectivity index (χ0v) is 18.7. The lowest BCUT2D eigenvalue weighted by atomic mass is 10.1. The summed E-state index contributed by atoms with van der Waals surface area (Å²) in [6.45, 7) is 3.09. The van der Waals surface area contributed by atoms with E-state index >= 15 is 0 Å². The summed E-state index contributed by atoms with van der Waals surface area (Å²) in [5, 5.41) is 15.7. The van der Waals surface area contributed by atoms with Crippen LogP contribution in [-0.4, -0.2) is 55.4 Å². The number of aromatic nitrogens is 4. The first-order valence-corrected chi connectivity index (χ1v) is 10.1. The molecule has 10 nitrogen and oxygen atoms in total. The number of aliphatic imine (C=N–C) groups is 1. The average molecular weight is 483 g/mol. The summed E-state index contributed by atoms with van der Waals surface area (Å²) < 4.78 is 40.3. The van der Waals surface area contributed by atoms with Crippen molar-refractivity contribution in [2.75, 3.05) is 12.8 Å². The van der Waals surface area contributed by atoms with Crippen LogP contribution in [0.4, 0.5) is 19.0 Å². The Kier molecular flexibility index (Phi) is 5.84. The zero-order chi connectivity index (χ0) is 25.5. The van der Waals surface area contributed by atoms with Crippen molar-refractivity contribution < 1.29 is 18.0 Å². The molecule has 13 heteroatoms. The number of halogens is 3. The van der Waals surface area contributed by atoms with Gasteiger partial charge in [-0.2, -0.15) is 18.3 Å². The molecular formula is C22H20F3N9O. The van der Waals surface area contributed by atoms with E-state index in [1.165, 1.54) is 13.1 Å². The van der Waals surface area contributed by atoms with Crippen molar-refractivity contribution in [1.29, 1.82) is 5.41 Å². The first-order valence-electron chi connectivity index (χ1n) is 10.1. The Hall–Kier alpha value is -4.55. The van der Waals surface area contributed by atoms with Gasteiger partial charge in [0, 0.05) is 31.2 Å². The van der Waals surface area contributed by atoms with E-state index in [2.05, 4.69) is 26.8 Å². The number of benzene rings is 1. The van der Waals surface area contributed by atoms with Crippen LogP contribution >= 0.6 is 0 Å². The summed E-state index contributed by atoms with van der Waals surface area (Å²) >= 11 is 0. The van der Waals surface area contributed by atoms with Gasteiger partial charge in [-0.3, -0.25) is 24.9 Å². The smallest absolute Gasteiger partial charge is 0.383 e. The van der Waals surface area contributed by atoms with Gasteiger partial charge in [-0.15, -0.1) is 0 Å². The fourth-order valence-corrected chi connectivity index (χ4v) is 3.61. The monoisotopic (exact) mass is 483 g/mol. The summed E-state index contributed by atoms with van der Waals surface area (Å²) in [7, 11) is 3.16. The lowest BCUT2D eigenvalue weighted by Gasteiger charge is -2.31. The third kappa shape index (κ3) is 4.35. The van der Waals surface area contributed by atoms with Gasteiger partial charge >= 0.3 is 6.18 Å². The molecule has 0 spiro atoms. The number of hydrazine groups is 1. The highest BCUT2D eigenvalue weighted by Crippen LogP contribution is 2.30. The van der Waals surface area contributed by atoms with Crippen molar-refractivity contribution in [3.05, 3.63) is 59.5 Å². The summed E-state index contributed by atoms with van der Waals surface area (Å²) in [5.74, 6) is -0.578. The van der Waals surface area contributed by atoms with Crippen LogP contribution in [0.25, 0.3) is 21.8 Å². The zero-order valence-electron chi connectivity index (χ0n) is 18.7. The largest absolute Gasteiger partial charge is 0.417 e. The molecule has 0 aliphatic rings. The highest BCUT2D eigenvalue weighted by atomic mass is 19.4. The number of pyridine rings is 2. The quantitative estimate of drug-likeness (QED) is 0.261. The fraction of sp³-hybridized carbons (Fsp3) is 0.182. The third-order valence-corrected chi connectivity index (χ3v) is 5.47. The van der Waals surface area contributed by atoms with Gasteiger partial charge in [-0.25, -0.2) is 15.0 Å². The number of hydrogen-bond acceptors (Lipinski definition) is 6. The molecule has 0 radical (unpaired) electrons. The average Bonchev–Trinajstić information content (AvgIpc) is 3.23. The van der Waals surface area contributed by atoms with Crippen LogP contribution in [0, 0.1) is 5.41 Å². The Labute approximate surface area is 197 Å². The minimum Gasteiger partial charge on any atom is -0.383 e. The standard InChI is InChI=1S/C22H20F3N9O/c1-28-21(27)33(3)34(11-14-6-5-13(9-29-14)22(23,24)25)20(35)12-4-7-17-15(8-12)18-16(19(26)31-17)10-30-32(18)2/h4-10,27H,1,11H2,2-3H3,(H2,26,31). The molecule has 3 heterocycles. The molecule has 180 valence electrons. The van der Waals surface area contributed by atoms with Crippen LogP contribution in [0.2, 0.25) is 0 Å². The fourth-order valence-electron chi connectivity index (χ4n) is 3.61. The number of anilines is 1. The normalized spacial score (nSPS) is 11.6. The van der Waals surface area contributed by atoms with Crippen LogP contribution in [0.15, 0.2) is 47.7 Å². The molecule has 3 aromatic heterocycles. The van der Waals surface area contributed by atoms with E-state index in [-0.39, 0.29) is 23.8 Å². The van der Waals surface area contributed by atoms with Crippen molar-refractivity contribution in [1.82, 2.24) is 29.8 Å². The Morgan fingerprint density at radius 3 is 2.60 bits per heavy atom. The van der Waals surface area contributed by atoms with Crippen molar-refractivity contribution in [3.63, 3.8) is 0 Å². The number of nitrogens with two attached hydrogens (primary N) is 1. The molecular weight excluding hydrogens is 463 g/mol. The van der Waals surface area contributed by atoms with Crippen LogP contribution in [0.1, 0.15) is 21.6 Å². The Morgan fingerprint density at radius 2 is 1.97 bits per heavy atom. The molecule has 0 saturated carbocycles. The van der Waals surface area contributed by atoms with Gasteiger partial charge in [0.1, 0.15) is 5.82 Å². The number of alkyl halides is 3. The molecule has 0 unspecified atom stereocenters. The van der Waals surface area contributed by atoms with Gasteiger partial charge < -0.3 is 5.73 Å². The third-order valence-electron chi connectivity index (χ3n) is 5.47. The number of guanidine groups is 1. The molecule has 35 heavy (non-hydrogen) atoms. The molecule has 4 aromatic rings. The Morgan fingerprint density at radius 1 is 1.23 bits per heavy atom. The summed E-state index contributed by atoms with van der Waals surface area (Å²) in [5.41, 5.74) is 6.78. The number of amides is 1. The number of fused-ring (bicyclic) bond motifs is 3. The van der Waals surface area contributed by atoms with E-state index in [1.807, 2.05) is 0 Å². The van der Waals surface area contributed by atoms with Gasteiger partial charge in [0.25, 0.3) is 5.91 Å². The first kappa shape index (κ1) is 23.6. The number of nitrogen functional groups attached to an aromatic ring is 1. The molecule has 0 aliphatic heterocycles. The van der Waals surface area contributed by atoms with E-state index in [9.17, 15) is 18.0 Å².